The van der Waals surface area contributed by atoms with Crippen molar-refractivity contribution in [2.45, 2.75) is 31.9 Å². The van der Waals surface area contributed by atoms with Gasteiger partial charge in [0.1, 0.15) is 11.4 Å². The zero-order chi connectivity index (χ0) is 20.7. The average molecular weight is 424 g/mol. The molecular formula is C22H22ClN5O2. The molecule has 1 aliphatic carbocycles. The molecule has 1 saturated carbocycles. The van der Waals surface area contributed by atoms with Crippen LogP contribution in [-0.4, -0.2) is 33.5 Å². The van der Waals surface area contributed by atoms with Crippen molar-refractivity contribution in [1.82, 2.24) is 19.9 Å². The Kier molecular flexibility index (Phi) is 4.83. The number of pyridine rings is 1. The number of halogens is 1. The Morgan fingerprint density at radius 2 is 1.97 bits per heavy atom. The second-order valence-electron chi connectivity index (χ2n) is 7.67. The standard InChI is InChI=1S/C22H22ClN5O2/c1-13-11-28(12-24-13)18-10-9-17(25-22(18)29-2)21-26-19(14-3-4-14)20(30-27-21)15-5-7-16(23)8-6-15/h5-12,14,19-20H,3-4H2,1-2H3,(H,26,27)/t19-,20+/m1/s1. The van der Waals surface area contributed by atoms with Gasteiger partial charge >= 0.3 is 0 Å². The van der Waals surface area contributed by atoms with Crippen molar-refractivity contribution >= 4 is 17.4 Å². The molecule has 8 heteroatoms. The number of methoxy groups -OCH3 is 1. The Labute approximate surface area is 179 Å². The molecule has 0 unspecified atom stereocenters. The van der Waals surface area contributed by atoms with E-state index in [4.69, 9.17) is 21.2 Å². The van der Waals surface area contributed by atoms with Crippen molar-refractivity contribution < 1.29 is 9.57 Å². The van der Waals surface area contributed by atoms with Crippen LogP contribution in [0.4, 0.5) is 0 Å². The third-order valence-electron chi connectivity index (χ3n) is 5.48. The molecule has 5 rings (SSSR count). The van der Waals surface area contributed by atoms with E-state index in [-0.39, 0.29) is 12.1 Å². The van der Waals surface area contributed by atoms with Crippen molar-refractivity contribution in [2.75, 3.05) is 7.11 Å². The quantitative estimate of drug-likeness (QED) is 0.670. The van der Waals surface area contributed by atoms with Gasteiger partial charge in [-0.05, 0) is 55.5 Å². The molecule has 0 saturated heterocycles. The second kappa shape index (κ2) is 7.65. The summed E-state index contributed by atoms with van der Waals surface area (Å²) in [6, 6.07) is 11.7. The number of oxime groups is 1. The number of hydrogen-bond acceptors (Lipinski definition) is 6. The molecule has 154 valence electrons. The first kappa shape index (κ1) is 18.9. The summed E-state index contributed by atoms with van der Waals surface area (Å²) in [7, 11) is 1.61. The van der Waals surface area contributed by atoms with Gasteiger partial charge in [-0.15, -0.1) is 0 Å². The lowest BCUT2D eigenvalue weighted by Gasteiger charge is -2.32. The molecule has 0 radical (unpaired) electrons. The SMILES string of the molecule is COc1nc(C2=NO[C@@H](c3ccc(Cl)cc3)[C@@H](C3CC3)N2)ccc1-n1cnc(C)c1. The zero-order valence-electron chi connectivity index (χ0n) is 16.7. The lowest BCUT2D eigenvalue weighted by molar-refractivity contribution is 0.0143. The minimum Gasteiger partial charge on any atom is -0.479 e. The van der Waals surface area contributed by atoms with Crippen LogP contribution in [0.3, 0.4) is 0 Å². The van der Waals surface area contributed by atoms with Crippen molar-refractivity contribution in [2.24, 2.45) is 11.1 Å². The van der Waals surface area contributed by atoms with Crippen molar-refractivity contribution in [3.63, 3.8) is 0 Å². The summed E-state index contributed by atoms with van der Waals surface area (Å²) in [5.74, 6) is 1.66. The highest BCUT2D eigenvalue weighted by molar-refractivity contribution is 6.30. The normalized spacial score (nSPS) is 20.8. The Morgan fingerprint density at radius 3 is 2.63 bits per heavy atom. The first-order valence-corrected chi connectivity index (χ1v) is 10.3. The van der Waals surface area contributed by atoms with Gasteiger partial charge in [-0.2, -0.15) is 0 Å². The van der Waals surface area contributed by atoms with Crippen LogP contribution in [0.5, 0.6) is 5.88 Å². The minimum absolute atomic E-state index is 0.127. The minimum atomic E-state index is -0.159. The number of amidine groups is 1. The predicted octanol–water partition coefficient (Wildman–Crippen LogP) is 4.04. The number of nitrogens with one attached hydrogen (secondary N) is 1. The van der Waals surface area contributed by atoms with Crippen molar-refractivity contribution in [3.05, 3.63) is 70.9 Å². The highest BCUT2D eigenvalue weighted by atomic mass is 35.5. The molecule has 1 aliphatic heterocycles. The molecule has 2 aliphatic rings. The molecule has 7 nitrogen and oxygen atoms in total. The van der Waals surface area contributed by atoms with Crippen LogP contribution in [0.1, 0.15) is 35.9 Å². The molecular weight excluding hydrogens is 402 g/mol. The van der Waals surface area contributed by atoms with Crippen LogP contribution >= 0.6 is 11.6 Å². The number of nitrogens with zero attached hydrogens (tertiary/aromatic N) is 4. The summed E-state index contributed by atoms with van der Waals surface area (Å²) < 4.78 is 7.42. The van der Waals surface area contributed by atoms with E-state index >= 15 is 0 Å². The number of ether oxygens (including phenoxy) is 1. The lowest BCUT2D eigenvalue weighted by atomic mass is 9.97. The zero-order valence-corrected chi connectivity index (χ0v) is 17.5. The molecule has 1 fully saturated rings. The number of rotatable bonds is 5. The van der Waals surface area contributed by atoms with Crippen LogP contribution in [0.2, 0.25) is 5.02 Å². The molecule has 30 heavy (non-hydrogen) atoms. The summed E-state index contributed by atoms with van der Waals surface area (Å²) in [5, 5.41) is 8.63. The Bertz CT molecular complexity index is 1090. The van der Waals surface area contributed by atoms with E-state index in [0.29, 0.717) is 28.4 Å². The fourth-order valence-electron chi connectivity index (χ4n) is 3.76. The first-order chi connectivity index (χ1) is 14.6. The third-order valence-corrected chi connectivity index (χ3v) is 5.73. The van der Waals surface area contributed by atoms with E-state index < -0.39 is 0 Å². The molecule has 1 aromatic carbocycles. The summed E-state index contributed by atoms with van der Waals surface area (Å²) in [6.07, 6.45) is 5.86. The lowest BCUT2D eigenvalue weighted by Crippen LogP contribution is -2.45. The largest absolute Gasteiger partial charge is 0.479 e. The van der Waals surface area contributed by atoms with Gasteiger partial charge in [-0.3, -0.25) is 0 Å². The highest BCUT2D eigenvalue weighted by Gasteiger charge is 2.42. The van der Waals surface area contributed by atoms with E-state index in [9.17, 15) is 0 Å². The van der Waals surface area contributed by atoms with Gasteiger partial charge in [-0.25, -0.2) is 9.97 Å². The second-order valence-corrected chi connectivity index (χ2v) is 8.11. The summed E-state index contributed by atoms with van der Waals surface area (Å²) in [4.78, 5) is 14.9. The smallest absolute Gasteiger partial charge is 0.238 e. The monoisotopic (exact) mass is 423 g/mol. The molecule has 3 heterocycles. The van der Waals surface area contributed by atoms with Crippen LogP contribution in [0.15, 0.2) is 54.1 Å². The number of hydrogen-bond donors (Lipinski definition) is 1. The van der Waals surface area contributed by atoms with Crippen LogP contribution < -0.4 is 10.1 Å². The van der Waals surface area contributed by atoms with Crippen LogP contribution in [-0.2, 0) is 4.84 Å². The number of benzene rings is 1. The first-order valence-electron chi connectivity index (χ1n) is 9.94. The maximum atomic E-state index is 6.04. The van der Waals surface area contributed by atoms with Crippen molar-refractivity contribution in [1.29, 1.82) is 0 Å². The Hall–Kier alpha value is -3.06. The van der Waals surface area contributed by atoms with Crippen LogP contribution in [0, 0.1) is 12.8 Å². The average Bonchev–Trinajstić information content (AvgIpc) is 3.54. The van der Waals surface area contributed by atoms with E-state index in [2.05, 4.69) is 20.4 Å². The molecule has 2 atom stereocenters. The van der Waals surface area contributed by atoms with Gasteiger partial charge in [0, 0.05) is 11.2 Å². The molecule has 2 aromatic heterocycles. The van der Waals surface area contributed by atoms with E-state index in [1.165, 1.54) is 12.8 Å². The molecule has 0 amide bonds. The van der Waals surface area contributed by atoms with Gasteiger partial charge in [0.25, 0.3) is 0 Å². The molecule has 3 aromatic rings. The van der Waals surface area contributed by atoms with Gasteiger partial charge in [0.05, 0.1) is 25.2 Å². The maximum Gasteiger partial charge on any atom is 0.238 e. The van der Waals surface area contributed by atoms with Gasteiger partial charge in [0.2, 0.25) is 5.88 Å². The number of imidazole rings is 1. The van der Waals surface area contributed by atoms with Gasteiger partial charge in [0.15, 0.2) is 11.9 Å². The van der Waals surface area contributed by atoms with E-state index in [1.807, 2.05) is 54.1 Å². The fourth-order valence-corrected chi connectivity index (χ4v) is 3.89. The van der Waals surface area contributed by atoms with Gasteiger partial charge < -0.3 is 19.5 Å². The van der Waals surface area contributed by atoms with Crippen LogP contribution in [0.25, 0.3) is 5.69 Å². The maximum absolute atomic E-state index is 6.04. The Balaban J connectivity index is 1.45. The third kappa shape index (κ3) is 3.61. The molecule has 0 bridgehead atoms. The van der Waals surface area contributed by atoms with Crippen molar-refractivity contribution in [3.8, 4) is 11.6 Å². The highest BCUT2D eigenvalue weighted by Crippen LogP contribution is 2.41. The summed E-state index contributed by atoms with van der Waals surface area (Å²) in [5.41, 5.74) is 3.47. The fraction of sp³-hybridized carbons (Fsp3) is 0.318. The Morgan fingerprint density at radius 1 is 1.17 bits per heavy atom. The number of aryl methyl sites for hydroxylation is 1. The molecule has 1 N–H and O–H groups in total. The van der Waals surface area contributed by atoms with Gasteiger partial charge in [-0.1, -0.05) is 28.9 Å². The topological polar surface area (TPSA) is 73.6 Å². The number of aromatic nitrogens is 3. The molecule has 0 spiro atoms. The summed E-state index contributed by atoms with van der Waals surface area (Å²) in [6.45, 7) is 1.94. The van der Waals surface area contributed by atoms with E-state index in [1.54, 1.807) is 13.4 Å². The predicted molar refractivity (Wildman–Crippen MR) is 114 cm³/mol. The summed E-state index contributed by atoms with van der Waals surface area (Å²) >= 11 is 6.04. The van der Waals surface area contributed by atoms with E-state index in [0.717, 1.165) is 16.9 Å².